The van der Waals surface area contributed by atoms with Crippen LogP contribution in [0.25, 0.3) is 0 Å². The predicted molar refractivity (Wildman–Crippen MR) is 39.1 cm³/mol. The van der Waals surface area contributed by atoms with E-state index >= 15 is 0 Å². The van der Waals surface area contributed by atoms with Gasteiger partial charge in [0.05, 0.1) is 0 Å². The van der Waals surface area contributed by atoms with Crippen LogP contribution in [0.15, 0.2) is 0 Å². The highest BCUT2D eigenvalue weighted by atomic mass is 16.1. The molecule has 1 heteroatoms. The highest BCUT2D eigenvalue weighted by Gasteiger charge is 1.83. The molecule has 0 aromatic rings. The third kappa shape index (κ3) is 17.3. The first-order valence-electron chi connectivity index (χ1n) is 3.26. The molecule has 0 aromatic heterocycles. The van der Waals surface area contributed by atoms with Gasteiger partial charge < -0.3 is 4.79 Å². The minimum Gasteiger partial charge on any atom is -0.300 e. The Morgan fingerprint density at radius 3 is 1.88 bits per heavy atom. The first-order chi connectivity index (χ1) is 3.77. The molecule has 0 N–H and O–H groups in total. The Morgan fingerprint density at radius 1 is 1.50 bits per heavy atom. The first kappa shape index (κ1) is 10.6. The molecule has 0 heterocycles. The minimum atomic E-state index is 0. The summed E-state index contributed by atoms with van der Waals surface area (Å²) in [5.74, 6) is 0.289. The van der Waals surface area contributed by atoms with Crippen molar-refractivity contribution in [1.82, 2.24) is 0 Å². The van der Waals surface area contributed by atoms with Crippen LogP contribution in [0.2, 0.25) is 0 Å². The zero-order valence-corrected chi connectivity index (χ0v) is 6.32. The van der Waals surface area contributed by atoms with E-state index < -0.39 is 0 Å². The molecule has 0 aromatic carbocycles. The van der Waals surface area contributed by atoms with E-state index in [2.05, 4.69) is 0 Å². The van der Waals surface area contributed by atoms with Gasteiger partial charge >= 0.3 is 0 Å². The monoisotopic (exact) mass is 118 g/mol. The Hall–Kier alpha value is -0.330. The van der Waals surface area contributed by atoms with Crippen molar-refractivity contribution in [2.45, 2.75) is 40.5 Å². The third-order valence-electron chi connectivity index (χ3n) is 0.602. The van der Waals surface area contributed by atoms with Crippen LogP contribution in [0, 0.1) is 0 Å². The Bertz CT molecular complexity index is 52.9. The molecule has 0 fully saturated rings. The van der Waals surface area contributed by atoms with Crippen LogP contribution in [0.1, 0.15) is 42.0 Å². The van der Waals surface area contributed by atoms with E-state index in [0.717, 1.165) is 12.8 Å². The van der Waals surface area contributed by atoms with E-state index in [0.29, 0.717) is 0 Å². The first-order valence-corrected chi connectivity index (χ1v) is 3.26. The number of hydrogen-bond donors (Lipinski definition) is 0. The Morgan fingerprint density at radius 2 is 1.88 bits per heavy atom. The largest absolute Gasteiger partial charge is 0.300 e. The van der Waals surface area contributed by atoms with Crippen LogP contribution in [0.5, 0.6) is 0 Å². The van der Waals surface area contributed by atoms with Crippen LogP contribution in [0.4, 0.5) is 0 Å². The summed E-state index contributed by atoms with van der Waals surface area (Å²) in [6.45, 7) is 7.62. The summed E-state index contributed by atoms with van der Waals surface area (Å²) in [5.41, 5.74) is 0. The maximum absolute atomic E-state index is 10.0. The summed E-state index contributed by atoms with van der Waals surface area (Å²) in [5, 5.41) is 0. The number of rotatable bonds is 2. The highest BCUT2D eigenvalue weighted by molar-refractivity contribution is 5.75. The molecule has 0 bridgehead atoms. The molecular weight excluding hydrogens is 100 g/mol. The van der Waals surface area contributed by atoms with Gasteiger partial charge in [-0.25, -0.2) is 0 Å². The number of carbonyl (C=O) groups excluding carboxylic acids is 1. The van der Waals surface area contributed by atoms with Gasteiger partial charge in [-0.2, -0.15) is 0 Å². The number of hydrogen-bond acceptors (Lipinski definition) is 1. The van der Waals surface area contributed by atoms with Crippen molar-refractivity contribution in [1.29, 1.82) is 0 Å². The lowest BCUT2D eigenvalue weighted by molar-refractivity contribution is -0.117. The van der Waals surface area contributed by atoms with Gasteiger partial charge in [0.25, 0.3) is 0 Å². The second-order valence-corrected chi connectivity index (χ2v) is 1.45. The lowest BCUT2D eigenvalue weighted by Crippen LogP contribution is -1.84. The average Bonchev–Trinajstić information content (AvgIpc) is 1.72. The van der Waals surface area contributed by atoms with Gasteiger partial charge in [0.1, 0.15) is 5.78 Å². The molecular formula is C7H18O. The smallest absolute Gasteiger partial charge is 0.129 e. The quantitative estimate of drug-likeness (QED) is 0.544. The van der Waals surface area contributed by atoms with Crippen molar-refractivity contribution >= 4 is 5.78 Å². The second kappa shape index (κ2) is 9.83. The summed E-state index contributed by atoms with van der Waals surface area (Å²) in [6, 6.07) is 0. The zero-order valence-electron chi connectivity index (χ0n) is 6.32. The van der Waals surface area contributed by atoms with Gasteiger partial charge in [-0.15, -0.1) is 0 Å². The maximum Gasteiger partial charge on any atom is 0.129 e. The van der Waals surface area contributed by atoms with E-state index in [-0.39, 0.29) is 7.21 Å². The maximum atomic E-state index is 10.0. The highest BCUT2D eigenvalue weighted by Crippen LogP contribution is 1.84. The molecule has 0 atom stereocenters. The standard InChI is InChI=1S/C5H10O.C2H6.H2/c1-3-4-5(2)6;1-2;/h3-4H2,1-2H3;1-2H3;1H. The summed E-state index contributed by atoms with van der Waals surface area (Å²) in [7, 11) is 0. The van der Waals surface area contributed by atoms with Crippen molar-refractivity contribution in [3.05, 3.63) is 0 Å². The second-order valence-electron chi connectivity index (χ2n) is 1.45. The molecule has 1 nitrogen and oxygen atoms in total. The fourth-order valence-electron chi connectivity index (χ4n) is 0.352. The lowest BCUT2D eigenvalue weighted by atomic mass is 10.3. The fourth-order valence-corrected chi connectivity index (χ4v) is 0.352. The van der Waals surface area contributed by atoms with Crippen LogP contribution in [-0.4, -0.2) is 5.78 Å². The molecule has 0 spiro atoms. The van der Waals surface area contributed by atoms with E-state index in [1.807, 2.05) is 20.8 Å². The molecule has 0 amide bonds. The zero-order chi connectivity index (χ0) is 6.99. The van der Waals surface area contributed by atoms with Gasteiger partial charge in [-0.1, -0.05) is 20.8 Å². The van der Waals surface area contributed by atoms with Gasteiger partial charge in [-0.3, -0.25) is 0 Å². The molecule has 0 radical (unpaired) electrons. The molecule has 0 aliphatic carbocycles. The van der Waals surface area contributed by atoms with E-state index in [1.54, 1.807) is 6.92 Å². The van der Waals surface area contributed by atoms with E-state index in [9.17, 15) is 4.79 Å². The lowest BCUT2D eigenvalue weighted by Gasteiger charge is -1.80. The third-order valence-corrected chi connectivity index (χ3v) is 0.602. The number of ketones is 1. The molecule has 0 saturated carbocycles. The van der Waals surface area contributed by atoms with Gasteiger partial charge in [-0.05, 0) is 13.3 Å². The van der Waals surface area contributed by atoms with Crippen molar-refractivity contribution in [3.63, 3.8) is 0 Å². The topological polar surface area (TPSA) is 17.1 Å². The van der Waals surface area contributed by atoms with Crippen molar-refractivity contribution in [2.75, 3.05) is 0 Å². The Labute approximate surface area is 53.6 Å². The summed E-state index contributed by atoms with van der Waals surface area (Å²) in [6.07, 6.45) is 1.72. The predicted octanol–water partition coefficient (Wildman–Crippen LogP) is 2.65. The summed E-state index contributed by atoms with van der Waals surface area (Å²) in [4.78, 5) is 10.0. The average molecular weight is 118 g/mol. The Kier molecular flexibility index (Phi) is 13.0. The molecule has 0 saturated heterocycles. The van der Waals surface area contributed by atoms with E-state index in [1.165, 1.54) is 0 Å². The Balaban J connectivity index is -0.000000109. The SMILES string of the molecule is CC.CCCC(C)=O.[HH]. The van der Waals surface area contributed by atoms with Crippen LogP contribution >= 0.6 is 0 Å². The molecule has 0 unspecified atom stereocenters. The fraction of sp³-hybridized carbons (Fsp3) is 0.857. The van der Waals surface area contributed by atoms with Crippen molar-refractivity contribution in [2.24, 2.45) is 0 Å². The van der Waals surface area contributed by atoms with Crippen LogP contribution in [-0.2, 0) is 4.79 Å². The molecule has 0 rings (SSSR count). The van der Waals surface area contributed by atoms with Gasteiger partial charge in [0.15, 0.2) is 0 Å². The molecule has 0 aliphatic heterocycles. The van der Waals surface area contributed by atoms with Crippen LogP contribution < -0.4 is 0 Å². The molecule has 0 aliphatic rings. The molecule has 8 heavy (non-hydrogen) atoms. The summed E-state index contributed by atoms with van der Waals surface area (Å²) < 4.78 is 0. The number of carbonyl (C=O) groups is 1. The molecule has 52 valence electrons. The van der Waals surface area contributed by atoms with Gasteiger partial charge in [0, 0.05) is 7.85 Å². The summed E-state index contributed by atoms with van der Waals surface area (Å²) >= 11 is 0. The van der Waals surface area contributed by atoms with E-state index in [4.69, 9.17) is 0 Å². The normalized spacial score (nSPS) is 7.00. The number of Topliss-reactive ketones (excluding diaryl/α,β-unsaturated/α-hetero) is 1. The van der Waals surface area contributed by atoms with Crippen molar-refractivity contribution in [3.8, 4) is 0 Å². The van der Waals surface area contributed by atoms with Gasteiger partial charge in [0.2, 0.25) is 0 Å². The van der Waals surface area contributed by atoms with Crippen LogP contribution in [0.3, 0.4) is 0 Å². The van der Waals surface area contributed by atoms with Crippen molar-refractivity contribution < 1.29 is 6.22 Å². The minimum absolute atomic E-state index is 0.